The molecule has 0 aliphatic carbocycles. The summed E-state index contributed by atoms with van der Waals surface area (Å²) in [5, 5.41) is 12.0. The van der Waals surface area contributed by atoms with E-state index in [1.54, 1.807) is 12.1 Å². The summed E-state index contributed by atoms with van der Waals surface area (Å²) in [6.45, 7) is 0. The second-order valence-electron chi connectivity index (χ2n) is 4.45. The van der Waals surface area contributed by atoms with Crippen LogP contribution in [-0.4, -0.2) is 16.0 Å². The number of nitrogens with one attached hydrogen (secondary N) is 1. The lowest BCUT2D eigenvalue weighted by atomic mass is 10.1. The molecule has 4 N–H and O–H groups in total. The van der Waals surface area contributed by atoms with Crippen molar-refractivity contribution in [3.63, 3.8) is 0 Å². The molecule has 1 amide bonds. The SMILES string of the molecule is NC(=S)c1cc(NC(=O)Cc2cccc(O)c2)ccc1F. The highest BCUT2D eigenvalue weighted by molar-refractivity contribution is 7.80. The van der Waals surface area contributed by atoms with Gasteiger partial charge in [0.2, 0.25) is 5.91 Å². The van der Waals surface area contributed by atoms with Gasteiger partial charge in [-0.05, 0) is 35.9 Å². The number of hydrogen-bond donors (Lipinski definition) is 3. The number of anilines is 1. The van der Waals surface area contributed by atoms with Gasteiger partial charge in [-0.2, -0.15) is 0 Å². The average Bonchev–Trinajstić information content (AvgIpc) is 2.40. The molecule has 0 aromatic heterocycles. The van der Waals surface area contributed by atoms with Crippen molar-refractivity contribution in [2.24, 2.45) is 5.73 Å². The summed E-state index contributed by atoms with van der Waals surface area (Å²) in [5.74, 6) is -0.729. The van der Waals surface area contributed by atoms with E-state index in [0.717, 1.165) is 0 Å². The van der Waals surface area contributed by atoms with Gasteiger partial charge in [-0.3, -0.25) is 4.79 Å². The van der Waals surface area contributed by atoms with Crippen molar-refractivity contribution < 1.29 is 14.3 Å². The number of carbonyl (C=O) groups is 1. The van der Waals surface area contributed by atoms with Gasteiger partial charge in [0, 0.05) is 11.3 Å². The van der Waals surface area contributed by atoms with Crippen LogP contribution in [-0.2, 0) is 11.2 Å². The third kappa shape index (κ3) is 4.00. The molecular formula is C15H13FN2O2S. The molecular weight excluding hydrogens is 291 g/mol. The predicted molar refractivity (Wildman–Crippen MR) is 82.7 cm³/mol. The maximum atomic E-state index is 13.4. The van der Waals surface area contributed by atoms with E-state index >= 15 is 0 Å². The summed E-state index contributed by atoms with van der Waals surface area (Å²) in [6, 6.07) is 10.4. The summed E-state index contributed by atoms with van der Waals surface area (Å²) in [7, 11) is 0. The lowest BCUT2D eigenvalue weighted by Gasteiger charge is -2.08. The Bertz CT molecular complexity index is 704. The molecule has 0 aliphatic rings. The van der Waals surface area contributed by atoms with Gasteiger partial charge in [0.25, 0.3) is 0 Å². The van der Waals surface area contributed by atoms with E-state index < -0.39 is 5.82 Å². The number of hydrogen-bond acceptors (Lipinski definition) is 3. The van der Waals surface area contributed by atoms with Crippen LogP contribution in [0, 0.1) is 5.82 Å². The normalized spacial score (nSPS) is 10.1. The van der Waals surface area contributed by atoms with Crippen molar-refractivity contribution in [1.82, 2.24) is 0 Å². The van der Waals surface area contributed by atoms with E-state index in [1.807, 2.05) is 0 Å². The van der Waals surface area contributed by atoms with Crippen LogP contribution >= 0.6 is 12.2 Å². The first kappa shape index (κ1) is 14.9. The molecule has 4 nitrogen and oxygen atoms in total. The van der Waals surface area contributed by atoms with Crippen molar-refractivity contribution in [2.45, 2.75) is 6.42 Å². The van der Waals surface area contributed by atoms with Crippen molar-refractivity contribution in [1.29, 1.82) is 0 Å². The molecule has 0 saturated carbocycles. The van der Waals surface area contributed by atoms with Crippen molar-refractivity contribution in [2.75, 3.05) is 5.32 Å². The van der Waals surface area contributed by atoms with E-state index in [4.69, 9.17) is 18.0 Å². The molecule has 2 aromatic rings. The van der Waals surface area contributed by atoms with Gasteiger partial charge in [0.05, 0.1) is 6.42 Å². The summed E-state index contributed by atoms with van der Waals surface area (Å²) >= 11 is 4.74. The quantitative estimate of drug-likeness (QED) is 0.758. The first-order valence-corrected chi connectivity index (χ1v) is 6.53. The van der Waals surface area contributed by atoms with Crippen molar-refractivity contribution >= 4 is 28.8 Å². The molecule has 21 heavy (non-hydrogen) atoms. The van der Waals surface area contributed by atoms with Crippen LogP contribution in [0.15, 0.2) is 42.5 Å². The van der Waals surface area contributed by atoms with Gasteiger partial charge < -0.3 is 16.2 Å². The minimum Gasteiger partial charge on any atom is -0.508 e. The third-order valence-corrected chi connectivity index (χ3v) is 3.01. The molecule has 0 spiro atoms. The zero-order valence-electron chi connectivity index (χ0n) is 11.0. The molecule has 0 radical (unpaired) electrons. The number of halogens is 1. The van der Waals surface area contributed by atoms with E-state index in [2.05, 4.69) is 5.32 Å². The number of phenolic OH excluding ortho intramolecular Hbond substituents is 1. The fourth-order valence-corrected chi connectivity index (χ4v) is 2.01. The third-order valence-electron chi connectivity index (χ3n) is 2.79. The fourth-order valence-electron chi connectivity index (χ4n) is 1.85. The fraction of sp³-hybridized carbons (Fsp3) is 0.0667. The lowest BCUT2D eigenvalue weighted by Crippen LogP contribution is -2.16. The number of rotatable bonds is 4. The Balaban J connectivity index is 2.09. The second-order valence-corrected chi connectivity index (χ2v) is 4.89. The summed E-state index contributed by atoms with van der Waals surface area (Å²) in [5.41, 5.74) is 6.57. The van der Waals surface area contributed by atoms with Gasteiger partial charge in [-0.1, -0.05) is 24.4 Å². The van der Waals surface area contributed by atoms with Gasteiger partial charge in [-0.15, -0.1) is 0 Å². The number of aromatic hydroxyl groups is 1. The first-order chi connectivity index (χ1) is 9.95. The summed E-state index contributed by atoms with van der Waals surface area (Å²) < 4.78 is 13.4. The molecule has 0 bridgehead atoms. The van der Waals surface area contributed by atoms with Gasteiger partial charge >= 0.3 is 0 Å². The van der Waals surface area contributed by atoms with E-state index in [0.29, 0.717) is 11.3 Å². The molecule has 0 saturated heterocycles. The monoisotopic (exact) mass is 304 g/mol. The van der Waals surface area contributed by atoms with Crippen LogP contribution in [0.3, 0.4) is 0 Å². The number of thiocarbonyl (C=S) groups is 1. The Labute approximate surface area is 126 Å². The first-order valence-electron chi connectivity index (χ1n) is 6.13. The largest absolute Gasteiger partial charge is 0.508 e. The molecule has 108 valence electrons. The van der Waals surface area contributed by atoms with E-state index in [9.17, 15) is 14.3 Å². The van der Waals surface area contributed by atoms with Crippen LogP contribution in [0.2, 0.25) is 0 Å². The van der Waals surface area contributed by atoms with Gasteiger partial charge in [0.1, 0.15) is 16.6 Å². The second kappa shape index (κ2) is 6.32. The number of phenols is 1. The number of benzene rings is 2. The lowest BCUT2D eigenvalue weighted by molar-refractivity contribution is -0.115. The summed E-state index contributed by atoms with van der Waals surface area (Å²) in [6.07, 6.45) is 0.0914. The molecule has 2 aromatic carbocycles. The Hall–Kier alpha value is -2.47. The minimum absolute atomic E-state index is 0.0726. The van der Waals surface area contributed by atoms with Crippen LogP contribution in [0.4, 0.5) is 10.1 Å². The van der Waals surface area contributed by atoms with E-state index in [-0.39, 0.29) is 28.6 Å². The van der Waals surface area contributed by atoms with Crippen LogP contribution in [0.1, 0.15) is 11.1 Å². The van der Waals surface area contributed by atoms with Crippen LogP contribution in [0.5, 0.6) is 5.75 Å². The topological polar surface area (TPSA) is 75.3 Å². The standard InChI is InChI=1S/C15H13FN2O2S/c16-13-5-4-10(8-12(13)15(17)21)18-14(20)7-9-2-1-3-11(19)6-9/h1-6,8,19H,7H2,(H2,17,21)(H,18,20). The molecule has 0 fully saturated rings. The van der Waals surface area contributed by atoms with Crippen LogP contribution < -0.4 is 11.1 Å². The Kier molecular flexibility index (Phi) is 4.49. The molecule has 6 heteroatoms. The van der Waals surface area contributed by atoms with Gasteiger partial charge in [-0.25, -0.2) is 4.39 Å². The zero-order chi connectivity index (χ0) is 15.4. The predicted octanol–water partition coefficient (Wildman–Crippen LogP) is 2.35. The van der Waals surface area contributed by atoms with Crippen molar-refractivity contribution in [3.05, 3.63) is 59.4 Å². The van der Waals surface area contributed by atoms with E-state index in [1.165, 1.54) is 30.3 Å². The molecule has 0 unspecified atom stereocenters. The highest BCUT2D eigenvalue weighted by Crippen LogP contribution is 2.16. The highest BCUT2D eigenvalue weighted by atomic mass is 32.1. The Morgan fingerprint density at radius 3 is 2.71 bits per heavy atom. The maximum absolute atomic E-state index is 13.4. The number of carbonyl (C=O) groups excluding carboxylic acids is 1. The molecule has 2 rings (SSSR count). The highest BCUT2D eigenvalue weighted by Gasteiger charge is 2.09. The zero-order valence-corrected chi connectivity index (χ0v) is 11.8. The minimum atomic E-state index is -0.534. The smallest absolute Gasteiger partial charge is 0.228 e. The Morgan fingerprint density at radius 2 is 2.05 bits per heavy atom. The number of amides is 1. The molecule has 0 atom stereocenters. The molecule has 0 heterocycles. The summed E-state index contributed by atoms with van der Waals surface area (Å²) in [4.78, 5) is 11.8. The van der Waals surface area contributed by atoms with Crippen molar-refractivity contribution in [3.8, 4) is 5.75 Å². The number of nitrogens with two attached hydrogens (primary N) is 1. The molecule has 0 aliphatic heterocycles. The Morgan fingerprint density at radius 1 is 1.29 bits per heavy atom. The van der Waals surface area contributed by atoms with Crippen LogP contribution in [0.25, 0.3) is 0 Å². The maximum Gasteiger partial charge on any atom is 0.228 e. The van der Waals surface area contributed by atoms with Gasteiger partial charge in [0.15, 0.2) is 0 Å². The average molecular weight is 304 g/mol.